The molecule has 6 nitrogen and oxygen atoms in total. The smallest absolute Gasteiger partial charge is 0.130 e. The van der Waals surface area contributed by atoms with Gasteiger partial charge in [0.05, 0.1) is 29.4 Å². The molecule has 0 aliphatic heterocycles. The van der Waals surface area contributed by atoms with Crippen molar-refractivity contribution >= 4 is 17.5 Å². The van der Waals surface area contributed by atoms with Crippen molar-refractivity contribution in [3.05, 3.63) is 83.6 Å². The molecule has 3 N–H and O–H groups in total. The Labute approximate surface area is 194 Å². The summed E-state index contributed by atoms with van der Waals surface area (Å²) >= 11 is 0. The van der Waals surface area contributed by atoms with Gasteiger partial charge in [-0.15, -0.1) is 0 Å². The van der Waals surface area contributed by atoms with E-state index in [1.807, 2.05) is 13.0 Å². The molecule has 2 heterocycles. The van der Waals surface area contributed by atoms with E-state index < -0.39 is 5.41 Å². The van der Waals surface area contributed by atoms with Gasteiger partial charge < -0.3 is 15.7 Å². The number of H-pyrrole nitrogens is 1. The summed E-state index contributed by atoms with van der Waals surface area (Å²) in [6, 6.07) is 3.96. The summed E-state index contributed by atoms with van der Waals surface area (Å²) in [6.45, 7) is 7.23. The lowest BCUT2D eigenvalue weighted by atomic mass is 9.97. The number of rotatable bonds is 8. The highest BCUT2D eigenvalue weighted by atomic mass is 19.1. The maximum absolute atomic E-state index is 13.4. The molecule has 0 bridgehead atoms. The average Bonchev–Trinajstić information content (AvgIpc) is 3.27. The molecular weight excluding hydrogens is 415 g/mol. The Morgan fingerprint density at radius 2 is 2.09 bits per heavy atom. The fraction of sp³-hybridized carbons (Fsp3) is 0.231. The number of nitriles is 1. The number of hydrogen-bond donors (Lipinski definition) is 3. The number of allylic oxidation sites excluding steroid dienone is 6. The molecule has 2 aromatic rings. The Morgan fingerprint density at radius 3 is 2.79 bits per heavy atom. The van der Waals surface area contributed by atoms with Crippen LogP contribution in [0.15, 0.2) is 60.9 Å². The predicted octanol–water partition coefficient (Wildman–Crippen LogP) is 5.70. The maximum atomic E-state index is 13.4. The molecule has 0 amide bonds. The summed E-state index contributed by atoms with van der Waals surface area (Å²) in [5.41, 5.74) is 2.33. The van der Waals surface area contributed by atoms with Crippen molar-refractivity contribution in [1.29, 1.82) is 10.7 Å². The SMILES string of the molecule is C\C=C/C(F)=C\C=C\Nc1cc(C(=N)/C=C\c2ncc(C#CC(C)(C)C#N)[nH]2)cnc1CC. The lowest BCUT2D eigenvalue weighted by Crippen LogP contribution is -2.02. The van der Waals surface area contributed by atoms with Gasteiger partial charge in [0.15, 0.2) is 0 Å². The van der Waals surface area contributed by atoms with Crippen LogP contribution in [0, 0.1) is 34.0 Å². The summed E-state index contributed by atoms with van der Waals surface area (Å²) in [6.07, 6.45) is 14.8. The van der Waals surface area contributed by atoms with Crippen molar-refractivity contribution < 1.29 is 4.39 Å². The maximum Gasteiger partial charge on any atom is 0.130 e. The van der Waals surface area contributed by atoms with E-state index in [1.165, 1.54) is 12.2 Å². The number of anilines is 1. The van der Waals surface area contributed by atoms with Crippen LogP contribution in [0.1, 0.15) is 50.5 Å². The third-order valence-electron chi connectivity index (χ3n) is 4.33. The van der Waals surface area contributed by atoms with Crippen LogP contribution in [-0.4, -0.2) is 20.7 Å². The van der Waals surface area contributed by atoms with Gasteiger partial charge in [0.2, 0.25) is 0 Å². The Bertz CT molecular complexity index is 1210. The van der Waals surface area contributed by atoms with Gasteiger partial charge in [-0.2, -0.15) is 5.26 Å². The zero-order valence-electron chi connectivity index (χ0n) is 19.2. The van der Waals surface area contributed by atoms with Crippen molar-refractivity contribution in [3.8, 4) is 17.9 Å². The first-order valence-corrected chi connectivity index (χ1v) is 10.4. The third-order valence-corrected chi connectivity index (χ3v) is 4.33. The largest absolute Gasteiger partial charge is 0.360 e. The minimum Gasteiger partial charge on any atom is -0.360 e. The number of pyridine rings is 1. The van der Waals surface area contributed by atoms with Crippen LogP contribution in [0.5, 0.6) is 0 Å². The van der Waals surface area contributed by atoms with E-state index in [0.29, 0.717) is 23.5 Å². The van der Waals surface area contributed by atoms with Gasteiger partial charge in [-0.1, -0.05) is 18.9 Å². The van der Waals surface area contributed by atoms with Crippen LogP contribution >= 0.6 is 0 Å². The Hall–Kier alpha value is -4.23. The predicted molar refractivity (Wildman–Crippen MR) is 131 cm³/mol. The quantitative estimate of drug-likeness (QED) is 0.277. The molecule has 7 heteroatoms. The van der Waals surface area contributed by atoms with Crippen molar-refractivity contribution in [3.63, 3.8) is 0 Å². The Morgan fingerprint density at radius 1 is 1.30 bits per heavy atom. The number of imidazole rings is 1. The minimum absolute atomic E-state index is 0.255. The Balaban J connectivity index is 2.13. The topological polar surface area (TPSA) is 101 Å². The molecule has 0 saturated carbocycles. The van der Waals surface area contributed by atoms with Crippen LogP contribution in [0.4, 0.5) is 10.1 Å². The fourth-order valence-electron chi connectivity index (χ4n) is 2.53. The van der Waals surface area contributed by atoms with Crippen molar-refractivity contribution in [2.24, 2.45) is 5.41 Å². The minimum atomic E-state index is -0.737. The molecule has 0 atom stereocenters. The molecule has 0 aromatic carbocycles. The number of halogens is 1. The van der Waals surface area contributed by atoms with E-state index in [2.05, 4.69) is 38.2 Å². The molecule has 2 aromatic heterocycles. The average molecular weight is 443 g/mol. The summed E-state index contributed by atoms with van der Waals surface area (Å²) < 4.78 is 13.4. The first-order valence-electron chi connectivity index (χ1n) is 10.4. The molecule has 0 saturated heterocycles. The van der Waals surface area contributed by atoms with Gasteiger partial charge in [0.1, 0.15) is 22.8 Å². The zero-order valence-corrected chi connectivity index (χ0v) is 19.2. The lowest BCUT2D eigenvalue weighted by molar-refractivity contribution is 0.667. The van der Waals surface area contributed by atoms with E-state index in [4.69, 9.17) is 10.7 Å². The number of nitrogens with one attached hydrogen (secondary N) is 3. The summed E-state index contributed by atoms with van der Waals surface area (Å²) in [5, 5.41) is 20.5. The van der Waals surface area contributed by atoms with Gasteiger partial charge >= 0.3 is 0 Å². The molecule has 0 spiro atoms. The van der Waals surface area contributed by atoms with E-state index in [-0.39, 0.29) is 11.5 Å². The fourth-order valence-corrected chi connectivity index (χ4v) is 2.53. The number of aryl methyl sites for hydroxylation is 1. The van der Waals surface area contributed by atoms with Crippen molar-refractivity contribution in [2.75, 3.05) is 5.32 Å². The molecule has 0 aliphatic rings. The van der Waals surface area contributed by atoms with Crippen LogP contribution in [0.3, 0.4) is 0 Å². The number of aromatic nitrogens is 3. The van der Waals surface area contributed by atoms with Crippen LogP contribution in [0.25, 0.3) is 6.08 Å². The highest BCUT2D eigenvalue weighted by Crippen LogP contribution is 2.17. The van der Waals surface area contributed by atoms with Crippen molar-refractivity contribution in [1.82, 2.24) is 15.0 Å². The molecule has 0 fully saturated rings. The van der Waals surface area contributed by atoms with Gasteiger partial charge in [0, 0.05) is 18.0 Å². The number of aromatic amines is 1. The van der Waals surface area contributed by atoms with Crippen LogP contribution in [-0.2, 0) is 6.42 Å². The molecule has 168 valence electrons. The standard InChI is InChI=1S/C26H27FN6/c1-5-8-20(27)9-7-14-30-24-15-19(16-31-23(24)6-2)22(29)10-11-25-32-17-21(33-25)12-13-26(3,4)18-28/h5,7-11,14-17,29-30H,6H2,1-4H3,(H,32,33)/b8-5-,11-10-,14-7+,20-9+,29-22?. The second-order valence-electron chi connectivity index (χ2n) is 7.54. The first kappa shape index (κ1) is 25.0. The van der Waals surface area contributed by atoms with Gasteiger partial charge in [0.25, 0.3) is 0 Å². The number of hydrogen-bond acceptors (Lipinski definition) is 5. The van der Waals surface area contributed by atoms with Gasteiger partial charge in [-0.3, -0.25) is 4.98 Å². The van der Waals surface area contributed by atoms with Crippen molar-refractivity contribution in [2.45, 2.75) is 34.1 Å². The highest BCUT2D eigenvalue weighted by Gasteiger charge is 2.11. The second-order valence-corrected chi connectivity index (χ2v) is 7.54. The molecule has 0 radical (unpaired) electrons. The monoisotopic (exact) mass is 442 g/mol. The molecule has 0 aliphatic carbocycles. The highest BCUT2D eigenvalue weighted by molar-refractivity contribution is 6.08. The lowest BCUT2D eigenvalue weighted by Gasteiger charge is -2.09. The van der Waals surface area contributed by atoms with E-state index >= 15 is 0 Å². The van der Waals surface area contributed by atoms with E-state index in [1.54, 1.807) is 63.7 Å². The van der Waals surface area contributed by atoms with E-state index in [9.17, 15) is 4.39 Å². The molecule has 33 heavy (non-hydrogen) atoms. The normalized spacial score (nSPS) is 12.2. The zero-order chi connectivity index (χ0) is 24.3. The third kappa shape index (κ3) is 8.08. The molecule has 2 rings (SSSR count). The molecule has 0 unspecified atom stereocenters. The second kappa shape index (κ2) is 12.0. The first-order chi connectivity index (χ1) is 15.8. The number of nitrogens with zero attached hydrogens (tertiary/aromatic N) is 3. The molecular formula is C26H27FN6. The van der Waals surface area contributed by atoms with Crippen LogP contribution < -0.4 is 5.32 Å². The van der Waals surface area contributed by atoms with E-state index in [0.717, 1.165) is 11.4 Å². The van der Waals surface area contributed by atoms with Gasteiger partial charge in [-0.25, -0.2) is 9.37 Å². The Kier molecular flexibility index (Phi) is 9.08. The summed E-state index contributed by atoms with van der Waals surface area (Å²) in [5.74, 6) is 5.99. The van der Waals surface area contributed by atoms with Crippen LogP contribution in [0.2, 0.25) is 0 Å². The van der Waals surface area contributed by atoms with Gasteiger partial charge in [-0.05, 0) is 69.6 Å². The summed E-state index contributed by atoms with van der Waals surface area (Å²) in [4.78, 5) is 11.7. The summed E-state index contributed by atoms with van der Waals surface area (Å²) in [7, 11) is 0.